The molecule has 1 aromatic rings. The number of halogens is 3. The van der Waals surface area contributed by atoms with Gasteiger partial charge in [-0.2, -0.15) is 13.2 Å². The molecule has 0 aliphatic rings. The summed E-state index contributed by atoms with van der Waals surface area (Å²) < 4.78 is 37.3. The Kier molecular flexibility index (Phi) is 6.02. The summed E-state index contributed by atoms with van der Waals surface area (Å²) in [6, 6.07) is 6.28. The Labute approximate surface area is 122 Å². The summed E-state index contributed by atoms with van der Waals surface area (Å²) in [4.78, 5) is 13.0. The number of carbonyl (C=O) groups excluding carboxylic acids is 1. The third-order valence-electron chi connectivity index (χ3n) is 2.93. The molecule has 0 aliphatic heterocycles. The van der Waals surface area contributed by atoms with E-state index in [4.69, 9.17) is 5.73 Å². The lowest BCUT2D eigenvalue weighted by Gasteiger charge is -2.27. The van der Waals surface area contributed by atoms with E-state index < -0.39 is 12.7 Å². The minimum Gasteiger partial charge on any atom is -0.399 e. The van der Waals surface area contributed by atoms with Crippen LogP contribution in [0.3, 0.4) is 0 Å². The molecule has 3 N–H and O–H groups in total. The van der Waals surface area contributed by atoms with Crippen LogP contribution >= 0.6 is 0 Å². The maximum Gasteiger partial charge on any atom is 0.401 e. The van der Waals surface area contributed by atoms with Crippen LogP contribution in [0.4, 0.5) is 24.5 Å². The van der Waals surface area contributed by atoms with Gasteiger partial charge in [0.25, 0.3) is 0 Å². The van der Waals surface area contributed by atoms with Crippen molar-refractivity contribution in [3.8, 4) is 0 Å². The third kappa shape index (κ3) is 6.99. The number of nitrogens with zero attached hydrogens (tertiary/aromatic N) is 1. The molecule has 0 radical (unpaired) electrons. The zero-order valence-electron chi connectivity index (χ0n) is 12.1. The molecule has 0 aliphatic carbocycles. The molecule has 0 aromatic heterocycles. The van der Waals surface area contributed by atoms with E-state index in [0.29, 0.717) is 11.4 Å². The van der Waals surface area contributed by atoms with Gasteiger partial charge in [-0.1, -0.05) is 0 Å². The molecule has 1 rings (SSSR count). The minimum atomic E-state index is -4.27. The molecular weight excluding hydrogens is 283 g/mol. The number of benzene rings is 1. The molecule has 0 heterocycles. The minimum absolute atomic E-state index is 0.00135. The number of carbonyl (C=O) groups is 1. The summed E-state index contributed by atoms with van der Waals surface area (Å²) in [6.45, 7) is 2.38. The second kappa shape index (κ2) is 7.31. The van der Waals surface area contributed by atoms with E-state index >= 15 is 0 Å². The Morgan fingerprint density at radius 2 is 1.86 bits per heavy atom. The smallest absolute Gasteiger partial charge is 0.399 e. The predicted octanol–water partition coefficient (Wildman–Crippen LogP) is 2.87. The van der Waals surface area contributed by atoms with Crippen LogP contribution in [-0.2, 0) is 4.79 Å². The number of hydrogen-bond acceptors (Lipinski definition) is 3. The van der Waals surface area contributed by atoms with Gasteiger partial charge in [-0.05, 0) is 38.1 Å². The molecule has 7 heteroatoms. The van der Waals surface area contributed by atoms with E-state index in [1.165, 1.54) is 4.90 Å². The summed E-state index contributed by atoms with van der Waals surface area (Å²) in [5.41, 5.74) is 6.67. The van der Waals surface area contributed by atoms with Crippen LogP contribution in [0, 0.1) is 0 Å². The number of alkyl halides is 3. The fourth-order valence-electron chi connectivity index (χ4n) is 1.79. The summed E-state index contributed by atoms with van der Waals surface area (Å²) in [6.07, 6.45) is -4.27. The molecular formula is C14H20F3N3O. The van der Waals surface area contributed by atoms with E-state index in [2.05, 4.69) is 5.32 Å². The standard InChI is InChI=1S/C14H20F3N3O/c1-10(2)20(9-14(15,16)17)8-7-13(21)19-12-5-3-11(18)4-6-12/h3-6,10H,7-9,18H2,1-2H3,(H,19,21). The molecule has 1 amide bonds. The molecule has 118 valence electrons. The number of hydrogen-bond donors (Lipinski definition) is 2. The van der Waals surface area contributed by atoms with Crippen molar-refractivity contribution >= 4 is 17.3 Å². The molecule has 0 saturated carbocycles. The van der Waals surface area contributed by atoms with Gasteiger partial charge in [-0.15, -0.1) is 0 Å². The van der Waals surface area contributed by atoms with Crippen LogP contribution in [0.1, 0.15) is 20.3 Å². The first-order valence-electron chi connectivity index (χ1n) is 6.63. The van der Waals surface area contributed by atoms with Crippen LogP contribution in [0.5, 0.6) is 0 Å². The van der Waals surface area contributed by atoms with Crippen LogP contribution in [0.2, 0.25) is 0 Å². The molecule has 21 heavy (non-hydrogen) atoms. The molecule has 0 fully saturated rings. The fourth-order valence-corrected chi connectivity index (χ4v) is 1.79. The number of nitrogens with one attached hydrogen (secondary N) is 1. The summed E-state index contributed by atoms with van der Waals surface area (Å²) in [5.74, 6) is -0.326. The summed E-state index contributed by atoms with van der Waals surface area (Å²) in [5, 5.41) is 2.62. The van der Waals surface area contributed by atoms with Crippen molar-refractivity contribution in [2.45, 2.75) is 32.5 Å². The Morgan fingerprint density at radius 3 is 2.33 bits per heavy atom. The quantitative estimate of drug-likeness (QED) is 0.795. The normalized spacial score (nSPS) is 12.0. The number of nitrogens with two attached hydrogens (primary N) is 1. The predicted molar refractivity (Wildman–Crippen MR) is 76.9 cm³/mol. The molecule has 0 spiro atoms. The molecule has 0 bridgehead atoms. The summed E-state index contributed by atoms with van der Waals surface area (Å²) in [7, 11) is 0. The molecule has 4 nitrogen and oxygen atoms in total. The first-order valence-corrected chi connectivity index (χ1v) is 6.63. The zero-order chi connectivity index (χ0) is 16.0. The van der Waals surface area contributed by atoms with Gasteiger partial charge >= 0.3 is 6.18 Å². The van der Waals surface area contributed by atoms with Gasteiger partial charge in [0.05, 0.1) is 6.54 Å². The van der Waals surface area contributed by atoms with Crippen molar-refractivity contribution in [2.75, 3.05) is 24.1 Å². The molecule has 0 unspecified atom stereocenters. The lowest BCUT2D eigenvalue weighted by atomic mass is 10.2. The Hall–Kier alpha value is -1.76. The number of amides is 1. The van der Waals surface area contributed by atoms with Crippen molar-refractivity contribution in [3.05, 3.63) is 24.3 Å². The average molecular weight is 303 g/mol. The van der Waals surface area contributed by atoms with Crippen molar-refractivity contribution in [3.63, 3.8) is 0 Å². The number of nitrogen functional groups attached to an aromatic ring is 1. The van der Waals surface area contributed by atoms with E-state index in [9.17, 15) is 18.0 Å². The Bertz CT molecular complexity index is 458. The highest BCUT2D eigenvalue weighted by atomic mass is 19.4. The SMILES string of the molecule is CC(C)N(CCC(=O)Nc1ccc(N)cc1)CC(F)(F)F. The van der Waals surface area contributed by atoms with Crippen LogP contribution in [-0.4, -0.2) is 36.1 Å². The first-order chi connectivity index (χ1) is 9.67. The highest BCUT2D eigenvalue weighted by molar-refractivity contribution is 5.90. The maximum atomic E-state index is 12.4. The van der Waals surface area contributed by atoms with Crippen molar-refractivity contribution < 1.29 is 18.0 Å². The molecule has 1 aromatic carbocycles. The number of anilines is 2. The van der Waals surface area contributed by atoms with Crippen LogP contribution < -0.4 is 11.1 Å². The number of rotatable bonds is 6. The topological polar surface area (TPSA) is 58.4 Å². The van der Waals surface area contributed by atoms with Crippen molar-refractivity contribution in [1.29, 1.82) is 0 Å². The lowest BCUT2D eigenvalue weighted by molar-refractivity contribution is -0.150. The van der Waals surface area contributed by atoms with E-state index in [-0.39, 0.29) is 24.9 Å². The van der Waals surface area contributed by atoms with Crippen LogP contribution in [0.25, 0.3) is 0 Å². The van der Waals surface area contributed by atoms with E-state index in [0.717, 1.165) is 0 Å². The van der Waals surface area contributed by atoms with Gasteiger partial charge in [0.1, 0.15) is 0 Å². The van der Waals surface area contributed by atoms with Gasteiger partial charge in [0, 0.05) is 30.4 Å². The Morgan fingerprint density at radius 1 is 1.29 bits per heavy atom. The van der Waals surface area contributed by atoms with Crippen molar-refractivity contribution in [2.24, 2.45) is 0 Å². The third-order valence-corrected chi connectivity index (χ3v) is 2.93. The zero-order valence-corrected chi connectivity index (χ0v) is 12.1. The largest absolute Gasteiger partial charge is 0.401 e. The van der Waals surface area contributed by atoms with Gasteiger partial charge in [0.2, 0.25) is 5.91 Å². The second-order valence-electron chi connectivity index (χ2n) is 5.10. The van der Waals surface area contributed by atoms with Gasteiger partial charge < -0.3 is 11.1 Å². The van der Waals surface area contributed by atoms with Gasteiger partial charge in [-0.25, -0.2) is 0 Å². The monoisotopic (exact) mass is 303 g/mol. The van der Waals surface area contributed by atoms with Gasteiger partial charge in [0.15, 0.2) is 0 Å². The molecule has 0 atom stereocenters. The fraction of sp³-hybridized carbons (Fsp3) is 0.500. The van der Waals surface area contributed by atoms with E-state index in [1.807, 2.05) is 0 Å². The van der Waals surface area contributed by atoms with Crippen molar-refractivity contribution in [1.82, 2.24) is 4.90 Å². The Balaban J connectivity index is 2.48. The highest BCUT2D eigenvalue weighted by Crippen LogP contribution is 2.18. The lowest BCUT2D eigenvalue weighted by Crippen LogP contribution is -2.40. The van der Waals surface area contributed by atoms with E-state index in [1.54, 1.807) is 38.1 Å². The second-order valence-corrected chi connectivity index (χ2v) is 5.10. The van der Waals surface area contributed by atoms with Crippen LogP contribution in [0.15, 0.2) is 24.3 Å². The van der Waals surface area contributed by atoms with Gasteiger partial charge in [-0.3, -0.25) is 9.69 Å². The molecule has 0 saturated heterocycles. The summed E-state index contributed by atoms with van der Waals surface area (Å²) >= 11 is 0. The highest BCUT2D eigenvalue weighted by Gasteiger charge is 2.31. The first kappa shape index (κ1) is 17.3. The average Bonchev–Trinajstić information content (AvgIpc) is 2.35. The maximum absolute atomic E-state index is 12.4.